The molecule has 0 spiro atoms. The number of allylic oxidation sites excluding steroid dienone is 12. The van der Waals surface area contributed by atoms with E-state index in [0.29, 0.717) is 17.4 Å². The fourth-order valence-corrected chi connectivity index (χ4v) is 9.29. The van der Waals surface area contributed by atoms with Crippen LogP contribution in [0, 0.1) is 0 Å². The first kappa shape index (κ1) is 71.5. The Kier molecular flexibility index (Phi) is 53.3. The van der Waals surface area contributed by atoms with Crippen LogP contribution in [0.5, 0.6) is 0 Å². The lowest BCUT2D eigenvalue weighted by atomic mass is 10.0. The maximum atomic E-state index is 12.8. The molecule has 1 N–H and O–H groups in total. The lowest BCUT2D eigenvalue weighted by Gasteiger charge is -2.24. The summed E-state index contributed by atoms with van der Waals surface area (Å²) in [6.07, 6.45) is 72.6. The minimum atomic E-state index is -4.39. The van der Waals surface area contributed by atoms with Crippen molar-refractivity contribution in [3.8, 4) is 0 Å². The van der Waals surface area contributed by atoms with Crippen LogP contribution in [0.1, 0.15) is 271 Å². The highest BCUT2D eigenvalue weighted by Gasteiger charge is 2.27. The maximum Gasteiger partial charge on any atom is 0.472 e. The second-order valence-corrected chi connectivity index (χ2v) is 23.2. The molecule has 0 amide bonds. The number of hydrogen-bond donors (Lipinski definition) is 1. The van der Waals surface area contributed by atoms with Gasteiger partial charge in [0.15, 0.2) is 6.10 Å². The Bertz CT molecular complexity index is 1480. The maximum absolute atomic E-state index is 12.8. The zero-order chi connectivity index (χ0) is 54.2. The third-order valence-corrected chi connectivity index (χ3v) is 14.2. The topological polar surface area (TPSA) is 108 Å². The zero-order valence-electron chi connectivity index (χ0n) is 48.8. The van der Waals surface area contributed by atoms with E-state index in [1.54, 1.807) is 0 Å². The van der Waals surface area contributed by atoms with E-state index in [4.69, 9.17) is 18.5 Å². The summed E-state index contributed by atoms with van der Waals surface area (Å²) < 4.78 is 34.6. The number of hydrogen-bond acceptors (Lipinski definition) is 7. The van der Waals surface area contributed by atoms with Crippen molar-refractivity contribution >= 4 is 19.8 Å². The van der Waals surface area contributed by atoms with Gasteiger partial charge in [0.1, 0.15) is 19.8 Å². The highest BCUT2D eigenvalue weighted by Crippen LogP contribution is 2.43. The Balaban J connectivity index is 4.16. The first-order valence-electron chi connectivity index (χ1n) is 30.7. The molecule has 0 saturated heterocycles. The van der Waals surface area contributed by atoms with E-state index >= 15 is 0 Å². The molecule has 0 radical (unpaired) electrons. The summed E-state index contributed by atoms with van der Waals surface area (Å²) in [5.41, 5.74) is 0. The molecule has 0 aromatic heterocycles. The molecule has 0 bridgehead atoms. The number of esters is 2. The van der Waals surface area contributed by atoms with Crippen LogP contribution < -0.4 is 0 Å². The minimum Gasteiger partial charge on any atom is -0.462 e. The van der Waals surface area contributed by atoms with Gasteiger partial charge in [-0.15, -0.1) is 0 Å². The van der Waals surface area contributed by atoms with E-state index in [1.807, 2.05) is 21.1 Å². The molecule has 0 saturated carbocycles. The number of rotatable bonds is 56. The molecule has 10 heteroatoms. The van der Waals surface area contributed by atoms with Crippen molar-refractivity contribution in [3.05, 3.63) is 72.9 Å². The van der Waals surface area contributed by atoms with Crippen molar-refractivity contribution in [2.45, 2.75) is 277 Å². The van der Waals surface area contributed by atoms with Gasteiger partial charge in [-0.3, -0.25) is 18.6 Å². The summed E-state index contributed by atoms with van der Waals surface area (Å²) in [5, 5.41) is 0. The van der Waals surface area contributed by atoms with Crippen molar-refractivity contribution in [1.82, 2.24) is 0 Å². The Morgan fingerprint density at radius 1 is 0.432 bits per heavy atom. The number of nitrogens with zero attached hydrogens (tertiary/aromatic N) is 1. The fourth-order valence-electron chi connectivity index (χ4n) is 8.55. The predicted octanol–water partition coefficient (Wildman–Crippen LogP) is 19.3. The SMILES string of the molecule is CC/C=C\C/C=C\C/C=C\C/C=C\C/C=C\C/C=C\CCCCCCCCC(=O)OC(COC(=O)CCCCCCCCCCCCCCCCCCCCCCCCCCC)COP(=O)(O)OCC[N+](C)(C)C. The van der Waals surface area contributed by atoms with E-state index in [0.717, 1.165) is 96.3 Å². The van der Waals surface area contributed by atoms with Gasteiger partial charge in [0.25, 0.3) is 0 Å². The Morgan fingerprint density at radius 3 is 1.15 bits per heavy atom. The molecule has 0 aliphatic heterocycles. The van der Waals surface area contributed by atoms with Gasteiger partial charge < -0.3 is 18.9 Å². The van der Waals surface area contributed by atoms with Crippen molar-refractivity contribution in [3.63, 3.8) is 0 Å². The number of carbonyl (C=O) groups excluding carboxylic acids is 2. The summed E-state index contributed by atoms with van der Waals surface area (Å²) in [5.74, 6) is -0.807. The van der Waals surface area contributed by atoms with Crippen LogP contribution in [-0.4, -0.2) is 74.9 Å². The molecule has 0 aliphatic rings. The van der Waals surface area contributed by atoms with Crippen LogP contribution in [0.4, 0.5) is 0 Å². The van der Waals surface area contributed by atoms with Crippen LogP contribution in [0.15, 0.2) is 72.9 Å². The van der Waals surface area contributed by atoms with Crippen LogP contribution in [0.3, 0.4) is 0 Å². The minimum absolute atomic E-state index is 0.0266. The van der Waals surface area contributed by atoms with Gasteiger partial charge in [-0.05, 0) is 64.2 Å². The molecular formula is C64H117NO8P+. The van der Waals surface area contributed by atoms with Crippen LogP contribution in [-0.2, 0) is 32.7 Å². The quantitative estimate of drug-likeness (QED) is 0.0211. The number of phosphoric ester groups is 1. The molecule has 0 aromatic rings. The molecule has 0 heterocycles. The normalized spacial score (nSPS) is 13.8. The third-order valence-electron chi connectivity index (χ3n) is 13.3. The molecule has 0 rings (SSSR count). The van der Waals surface area contributed by atoms with Crippen molar-refractivity contribution in [2.24, 2.45) is 0 Å². The fraction of sp³-hybridized carbons (Fsp3) is 0.781. The highest BCUT2D eigenvalue weighted by molar-refractivity contribution is 7.47. The standard InChI is InChI=1S/C64H116NO8P/c1-6-8-10-12-14-16-18-20-22-24-26-28-30-32-34-36-38-40-42-44-46-48-50-52-54-56-63(66)70-60-62(61-72-74(68,69)71-59-58-65(3,4)5)73-64(67)57-55-53-51-49-47-45-43-41-39-37-35-33-31-29-27-25-23-21-19-17-15-13-11-9-7-2/h9,11,15,17,21,23,27,29,33,35,39,41,62H,6-8,10,12-14,16,18-20,22,24-26,28,30-32,34,36-38,40,42-61H2,1-5H3/p+1/b11-9-,17-15-,23-21-,29-27-,35-33-,41-39-. The third kappa shape index (κ3) is 58.7. The van der Waals surface area contributed by atoms with Gasteiger partial charge in [-0.1, -0.05) is 267 Å². The number of unbranched alkanes of at least 4 members (excludes halogenated alkanes) is 30. The van der Waals surface area contributed by atoms with Gasteiger partial charge in [-0.25, -0.2) is 4.57 Å². The summed E-state index contributed by atoms with van der Waals surface area (Å²) >= 11 is 0. The van der Waals surface area contributed by atoms with Gasteiger partial charge in [0.05, 0.1) is 27.7 Å². The molecule has 74 heavy (non-hydrogen) atoms. The summed E-state index contributed by atoms with van der Waals surface area (Å²) in [6, 6.07) is 0. The summed E-state index contributed by atoms with van der Waals surface area (Å²) in [4.78, 5) is 35.7. The smallest absolute Gasteiger partial charge is 0.462 e. The van der Waals surface area contributed by atoms with E-state index < -0.39 is 26.5 Å². The predicted molar refractivity (Wildman–Crippen MR) is 316 cm³/mol. The summed E-state index contributed by atoms with van der Waals surface area (Å²) in [7, 11) is 1.47. The average Bonchev–Trinajstić information content (AvgIpc) is 3.36. The number of quaternary nitrogens is 1. The van der Waals surface area contributed by atoms with E-state index in [9.17, 15) is 19.0 Å². The molecule has 9 nitrogen and oxygen atoms in total. The number of carbonyl (C=O) groups is 2. The van der Waals surface area contributed by atoms with Gasteiger partial charge in [0, 0.05) is 12.8 Å². The highest BCUT2D eigenvalue weighted by atomic mass is 31.2. The molecule has 0 aliphatic carbocycles. The van der Waals surface area contributed by atoms with E-state index in [-0.39, 0.29) is 32.0 Å². The lowest BCUT2D eigenvalue weighted by Crippen LogP contribution is -2.37. The van der Waals surface area contributed by atoms with Crippen molar-refractivity contribution in [1.29, 1.82) is 0 Å². The van der Waals surface area contributed by atoms with Crippen LogP contribution >= 0.6 is 7.82 Å². The van der Waals surface area contributed by atoms with Crippen LogP contribution in [0.25, 0.3) is 0 Å². The first-order valence-corrected chi connectivity index (χ1v) is 32.2. The summed E-state index contributed by atoms with van der Waals surface area (Å²) in [6.45, 7) is 4.33. The van der Waals surface area contributed by atoms with E-state index in [1.165, 1.54) is 141 Å². The molecule has 0 aromatic carbocycles. The lowest BCUT2D eigenvalue weighted by molar-refractivity contribution is -0.870. The largest absolute Gasteiger partial charge is 0.472 e. The first-order chi connectivity index (χ1) is 36.0. The Hall–Kier alpha value is -2.55. The van der Waals surface area contributed by atoms with Crippen molar-refractivity contribution in [2.75, 3.05) is 47.5 Å². The molecule has 2 unspecified atom stereocenters. The average molecular weight is 1060 g/mol. The van der Waals surface area contributed by atoms with Gasteiger partial charge in [-0.2, -0.15) is 0 Å². The van der Waals surface area contributed by atoms with Crippen LogP contribution in [0.2, 0.25) is 0 Å². The molecule has 2 atom stereocenters. The molecular weight excluding hydrogens is 942 g/mol. The number of ether oxygens (including phenoxy) is 2. The number of phosphoric acid groups is 1. The second-order valence-electron chi connectivity index (χ2n) is 21.7. The number of likely N-dealkylation sites (N-methyl/N-ethyl adjacent to an activating group) is 1. The second kappa shape index (κ2) is 55.2. The van der Waals surface area contributed by atoms with E-state index in [2.05, 4.69) is 86.8 Å². The molecule has 430 valence electrons. The van der Waals surface area contributed by atoms with Crippen molar-refractivity contribution < 1.29 is 42.1 Å². The molecule has 0 fully saturated rings. The van der Waals surface area contributed by atoms with Gasteiger partial charge >= 0.3 is 19.8 Å². The Labute approximate surface area is 457 Å². The van der Waals surface area contributed by atoms with Gasteiger partial charge in [0.2, 0.25) is 0 Å². The Morgan fingerprint density at radius 2 is 0.770 bits per heavy atom. The zero-order valence-corrected chi connectivity index (χ0v) is 49.7. The monoisotopic (exact) mass is 1060 g/mol.